The molecule has 5 aromatic rings. The number of ether oxygens (including phenoxy) is 2. The van der Waals surface area contributed by atoms with Crippen molar-refractivity contribution >= 4 is 162 Å². The molecule has 5 amide bonds. The SMILES string of the molecule is CC(=O)C[C@@H]1CC[C@H](NC(=O)/C(=N/OCCO)c2cccs2)B(O)O1.CC(=O)C[C@@H]1CC[C@H](NC(=O)/C(=N\OCCO)c2cccs2)B(O)O1.CC(=O)C[C@@H]1CC[C@H](NC(=O)Cc2ccc(COCCN)s2)B(O)O1.CC(=O)C[C@@H]1CC[C@H](NC(=O)Cc2cccc(OCCCCN)c2)B(O)O1.CN=C(C(=O)N[C@H]1CC[C@@H](CC(C)=O)OB1O)c1csc(N)n1. The van der Waals surface area contributed by atoms with Crippen LogP contribution in [0.2, 0.25) is 0 Å². The summed E-state index contributed by atoms with van der Waals surface area (Å²) in [7, 11) is -4.22. The van der Waals surface area contributed by atoms with Crippen LogP contribution in [0.5, 0.6) is 5.75 Å². The van der Waals surface area contributed by atoms with Crippen LogP contribution < -0.4 is 48.5 Å². The second-order valence-corrected chi connectivity index (χ2v) is 33.9. The maximum atomic E-state index is 12.5. The number of carbonyl (C=O) groups excluding carboxylic acids is 10. The number of nitrogens with one attached hydrogen (secondary N) is 5. The number of rotatable bonds is 40. The number of benzene rings is 1. The van der Waals surface area contributed by atoms with Gasteiger partial charge >= 0.3 is 35.6 Å². The molecule has 125 heavy (non-hydrogen) atoms. The van der Waals surface area contributed by atoms with Gasteiger partial charge in [-0.05, 0) is 171 Å². The van der Waals surface area contributed by atoms with Crippen molar-refractivity contribution in [3.8, 4) is 5.75 Å². The minimum atomic E-state index is -1.19. The summed E-state index contributed by atoms with van der Waals surface area (Å²) < 4.78 is 38.1. The fourth-order valence-corrected chi connectivity index (χ4v) is 16.2. The first-order valence-electron chi connectivity index (χ1n) is 41.2. The van der Waals surface area contributed by atoms with Crippen molar-refractivity contribution in [2.45, 2.75) is 223 Å². The number of Topliss-reactive ketones (excluding diaryl/α,β-unsaturated/α-hetero) is 5. The maximum absolute atomic E-state index is 12.5. The largest absolute Gasteiger partial charge is 0.494 e. The number of hydrogen-bond acceptors (Lipinski definition) is 37. The van der Waals surface area contributed by atoms with E-state index in [1.165, 1.54) is 87.0 Å². The van der Waals surface area contributed by atoms with E-state index in [9.17, 15) is 73.1 Å². The number of aliphatic hydroxyl groups excluding tert-OH is 2. The summed E-state index contributed by atoms with van der Waals surface area (Å²) in [5, 5.41) is 94.7. The van der Waals surface area contributed by atoms with Crippen LogP contribution in [0.25, 0.3) is 0 Å². The van der Waals surface area contributed by atoms with E-state index in [4.69, 9.17) is 69.8 Å². The number of carbonyl (C=O) groups is 10. The zero-order valence-corrected chi connectivity index (χ0v) is 74.3. The predicted octanol–water partition coefficient (Wildman–Crippen LogP) is 1.49. The van der Waals surface area contributed by atoms with Gasteiger partial charge in [0, 0.05) is 91.4 Å². The molecule has 9 heterocycles. The van der Waals surface area contributed by atoms with Gasteiger partial charge < -0.3 is 122 Å². The van der Waals surface area contributed by atoms with E-state index in [0.29, 0.717) is 124 Å². The van der Waals surface area contributed by atoms with Gasteiger partial charge in [-0.2, -0.15) is 0 Å². The normalized spacial score (nSPS) is 20.8. The average Bonchev–Trinajstić information content (AvgIpc) is 1.83. The number of aromatic nitrogens is 1. The van der Waals surface area contributed by atoms with E-state index >= 15 is 0 Å². The van der Waals surface area contributed by atoms with Gasteiger partial charge in [0.15, 0.2) is 16.6 Å². The first kappa shape index (κ1) is 105. The summed E-state index contributed by atoms with van der Waals surface area (Å²) in [5.41, 5.74) is 17.9. The molecule has 4 aromatic heterocycles. The Bertz CT molecular complexity index is 4170. The Hall–Kier alpha value is -8.42. The molecule has 5 aliphatic heterocycles. The Morgan fingerprint density at radius 1 is 0.480 bits per heavy atom. The zero-order chi connectivity index (χ0) is 91.3. The number of hydrogen-bond donors (Lipinski definition) is 15. The third-order valence-electron chi connectivity index (χ3n) is 19.1. The Balaban J connectivity index is 0.000000242. The number of oxime groups is 2. The van der Waals surface area contributed by atoms with Crippen LogP contribution in [0, 0.1) is 0 Å². The standard InChI is InChI=1S/C19H29BN2O5.C16H25BN2O5S.2C15H21BN2O6S.C13H19BN4O4S/c1-14(23)11-17-7-8-18(20(25)27-17)22-19(24)13-15-5-4-6-16(12-15)26-10-3-2-9-21;1-11(20)8-12-2-5-15(17(22)24-12)19-16(21)9-13-3-4-14(25-13)10-23-7-6-18;2*1-10(20)9-11-4-5-13(16(22)24-11)17-15(21)14(18-23-7-6-19)12-3-2-8-25-12;1-7(19)5-8-3-4-10(14(21)22-8)18-12(20)11(16-2)9-6-23-13(15)17-9/h4-6,12,17-18,25H,2-3,7-11,13,21H2,1H3,(H,22,24);3-4,12,15,22H,2,5-10,18H2,1H3,(H,19,21);2*2-3,8,11,13,19,22H,4-7,9H2,1H3,(H,17,21);6,8,10,21H,3-5H2,1-2H3,(H2,15,17)(H,18,20)/b;;18-14+;18-14-;/t17-,18-;12-,15-;2*11-,13-;8-,10-/m00000/s1. The molecular weight excluding hydrogens is 1700 g/mol. The zero-order valence-electron chi connectivity index (χ0n) is 71.0. The average molecular weight is 1820 g/mol. The molecular formula is C78H115B5N12O26S4. The van der Waals surface area contributed by atoms with Crippen LogP contribution in [0.15, 0.2) is 92.1 Å². The number of thiophene rings is 3. The van der Waals surface area contributed by atoms with Gasteiger partial charge in [-0.15, -0.1) is 45.3 Å². The van der Waals surface area contributed by atoms with Crippen molar-refractivity contribution in [3.63, 3.8) is 0 Å². The monoisotopic (exact) mass is 1820 g/mol. The van der Waals surface area contributed by atoms with Crippen molar-refractivity contribution in [2.24, 2.45) is 26.8 Å². The van der Waals surface area contributed by atoms with Crippen molar-refractivity contribution in [1.82, 2.24) is 31.6 Å². The van der Waals surface area contributed by atoms with Crippen LogP contribution in [0.1, 0.15) is 175 Å². The smallest absolute Gasteiger partial charge is 0.478 e. The second-order valence-electron chi connectivity index (χ2n) is 29.9. The number of thiazole rings is 1. The molecule has 5 fully saturated rings. The summed E-state index contributed by atoms with van der Waals surface area (Å²) >= 11 is 5.39. The van der Waals surface area contributed by atoms with E-state index in [1.54, 1.807) is 40.4 Å². The van der Waals surface area contributed by atoms with E-state index in [0.717, 1.165) is 33.9 Å². The Labute approximate surface area is 743 Å². The lowest BCUT2D eigenvalue weighted by Gasteiger charge is -2.31. The minimum Gasteiger partial charge on any atom is -0.494 e. The highest BCUT2D eigenvalue weighted by Gasteiger charge is 2.42. The number of nitrogen functional groups attached to an aromatic ring is 1. The van der Waals surface area contributed by atoms with E-state index < -0.39 is 83.0 Å². The number of amides is 5. The number of nitrogens with two attached hydrogens (primary N) is 3. The number of aliphatic imine (C=N–C) groups is 1. The van der Waals surface area contributed by atoms with Crippen molar-refractivity contribution in [1.29, 1.82) is 0 Å². The summed E-state index contributed by atoms with van der Waals surface area (Å²) in [4.78, 5) is 139. The van der Waals surface area contributed by atoms with Gasteiger partial charge in [-0.1, -0.05) is 34.6 Å². The molecule has 10 atom stereocenters. The summed E-state index contributed by atoms with van der Waals surface area (Å²) in [6, 6.07) is 18.3. The van der Waals surface area contributed by atoms with Crippen molar-refractivity contribution < 1.29 is 126 Å². The Kier molecular flexibility index (Phi) is 48.4. The Morgan fingerprint density at radius 2 is 0.880 bits per heavy atom. The minimum absolute atomic E-state index is 0.00575. The van der Waals surface area contributed by atoms with Gasteiger partial charge in [-0.25, -0.2) is 4.98 Å². The van der Waals surface area contributed by atoms with E-state index in [1.807, 2.05) is 36.4 Å². The highest BCUT2D eigenvalue weighted by molar-refractivity contribution is 7.14. The molecule has 0 spiro atoms. The number of aliphatic hydroxyl groups is 2. The first-order valence-corrected chi connectivity index (χ1v) is 44.6. The number of nitrogens with zero attached hydrogens (tertiary/aromatic N) is 4. The summed E-state index contributed by atoms with van der Waals surface area (Å²) in [5.74, 6) is -3.68. The molecule has 5 aliphatic rings. The molecule has 0 bridgehead atoms. The lowest BCUT2D eigenvalue weighted by molar-refractivity contribution is -0.122. The van der Waals surface area contributed by atoms with Crippen molar-refractivity contribution in [3.05, 3.63) is 108 Å². The van der Waals surface area contributed by atoms with Crippen LogP contribution in [-0.4, -0.2) is 272 Å². The van der Waals surface area contributed by atoms with Crippen LogP contribution in [0.3, 0.4) is 0 Å². The van der Waals surface area contributed by atoms with Gasteiger partial charge in [0.05, 0.1) is 85.3 Å². The maximum Gasteiger partial charge on any atom is 0.478 e. The lowest BCUT2D eigenvalue weighted by atomic mass is 9.72. The van der Waals surface area contributed by atoms with Gasteiger partial charge in [0.25, 0.3) is 17.7 Å². The van der Waals surface area contributed by atoms with E-state index in [2.05, 4.69) is 46.9 Å². The number of ketones is 5. The molecule has 0 saturated carbocycles. The molecule has 0 radical (unpaired) electrons. The quantitative estimate of drug-likeness (QED) is 0.0114. The topological polar surface area (TPSA) is 584 Å². The van der Waals surface area contributed by atoms with Crippen LogP contribution in [0.4, 0.5) is 5.13 Å². The molecule has 0 unspecified atom stereocenters. The third kappa shape index (κ3) is 39.8. The summed E-state index contributed by atoms with van der Waals surface area (Å²) in [6.45, 7) is 9.69. The third-order valence-corrected chi connectivity index (χ3v) is 22.6. The highest BCUT2D eigenvalue weighted by atomic mass is 32.1. The molecule has 1 aromatic carbocycles. The summed E-state index contributed by atoms with van der Waals surface area (Å²) in [6.07, 6.45) is 7.71. The van der Waals surface area contributed by atoms with Crippen LogP contribution in [-0.2, 0) is 105 Å². The van der Waals surface area contributed by atoms with E-state index in [-0.39, 0.29) is 153 Å². The van der Waals surface area contributed by atoms with Crippen LogP contribution >= 0.6 is 45.3 Å². The van der Waals surface area contributed by atoms with Crippen molar-refractivity contribution in [2.75, 3.05) is 65.5 Å². The lowest BCUT2D eigenvalue weighted by Crippen LogP contribution is -2.54. The number of anilines is 1. The molecule has 0 aliphatic carbocycles. The Morgan fingerprint density at radius 3 is 1.23 bits per heavy atom. The van der Waals surface area contributed by atoms with Gasteiger partial charge in [-0.3, -0.25) is 52.9 Å². The fourth-order valence-electron chi connectivity index (χ4n) is 13.3. The molecule has 5 saturated heterocycles. The molecule has 38 nitrogen and oxygen atoms in total. The van der Waals surface area contributed by atoms with Gasteiger partial charge in [0.1, 0.15) is 59.3 Å². The predicted molar refractivity (Wildman–Crippen MR) is 474 cm³/mol. The molecule has 682 valence electrons. The second kappa shape index (κ2) is 57.4. The number of unbranched alkanes of at least 4 members (excludes halogenated alkanes) is 1. The van der Waals surface area contributed by atoms with Gasteiger partial charge in [0.2, 0.25) is 11.8 Å². The molecule has 18 N–H and O–H groups in total. The fraction of sp³-hybridized carbons (Fsp3) is 0.564. The first-order chi connectivity index (χ1) is 59.9. The molecule has 10 rings (SSSR count). The molecule has 47 heteroatoms. The highest BCUT2D eigenvalue weighted by Crippen LogP contribution is 2.27.